The second-order valence-electron chi connectivity index (χ2n) is 4.61. The van der Waals surface area contributed by atoms with Crippen molar-refractivity contribution in [3.8, 4) is 11.5 Å². The molecule has 0 amide bonds. The summed E-state index contributed by atoms with van der Waals surface area (Å²) in [4.78, 5) is 4.37. The lowest BCUT2D eigenvalue weighted by atomic mass is 10.1. The third-order valence-electron chi connectivity index (χ3n) is 2.68. The van der Waals surface area contributed by atoms with Crippen molar-refractivity contribution < 1.29 is 9.47 Å². The maximum Gasteiger partial charge on any atom is 0.205 e. The van der Waals surface area contributed by atoms with Gasteiger partial charge in [-0.2, -0.15) is 0 Å². The Morgan fingerprint density at radius 1 is 1.25 bits per heavy atom. The number of guanidine groups is 1. The molecular formula is C14H24N4O2. The van der Waals surface area contributed by atoms with Gasteiger partial charge in [0.15, 0.2) is 11.5 Å². The van der Waals surface area contributed by atoms with Crippen molar-refractivity contribution in [2.45, 2.75) is 26.3 Å². The first-order valence-electron chi connectivity index (χ1n) is 6.59. The molecule has 0 heterocycles. The smallest absolute Gasteiger partial charge is 0.205 e. The first-order valence-corrected chi connectivity index (χ1v) is 6.59. The van der Waals surface area contributed by atoms with Crippen LogP contribution < -0.4 is 26.1 Å². The largest absolute Gasteiger partial charge is 0.493 e. The maximum atomic E-state index is 5.40. The molecule has 0 unspecified atom stereocenters. The molecule has 0 bridgehead atoms. The van der Waals surface area contributed by atoms with E-state index in [-0.39, 0.29) is 6.04 Å². The van der Waals surface area contributed by atoms with Gasteiger partial charge in [0.05, 0.1) is 14.2 Å². The van der Waals surface area contributed by atoms with Crippen molar-refractivity contribution in [1.82, 2.24) is 10.7 Å². The molecule has 20 heavy (non-hydrogen) atoms. The van der Waals surface area contributed by atoms with Gasteiger partial charge in [0.1, 0.15) is 0 Å². The lowest BCUT2D eigenvalue weighted by Crippen LogP contribution is -2.44. The van der Waals surface area contributed by atoms with E-state index in [4.69, 9.17) is 15.3 Å². The SMILES string of the molecule is COc1ccc(CCN=C(NN)NC(C)C)cc1OC. The van der Waals surface area contributed by atoms with E-state index < -0.39 is 0 Å². The lowest BCUT2D eigenvalue weighted by Gasteiger charge is -2.12. The van der Waals surface area contributed by atoms with Crippen molar-refractivity contribution in [3.63, 3.8) is 0 Å². The summed E-state index contributed by atoms with van der Waals surface area (Å²) >= 11 is 0. The number of methoxy groups -OCH3 is 2. The number of nitrogens with zero attached hydrogens (tertiary/aromatic N) is 1. The van der Waals surface area contributed by atoms with E-state index in [0.29, 0.717) is 12.5 Å². The average Bonchev–Trinajstić information content (AvgIpc) is 2.45. The maximum absolute atomic E-state index is 5.40. The predicted octanol–water partition coefficient (Wildman–Crippen LogP) is 1.06. The molecule has 0 aliphatic carbocycles. The van der Waals surface area contributed by atoms with Crippen LogP contribution in [0.25, 0.3) is 0 Å². The van der Waals surface area contributed by atoms with Crippen LogP contribution in [-0.2, 0) is 6.42 Å². The Morgan fingerprint density at radius 3 is 2.50 bits per heavy atom. The minimum Gasteiger partial charge on any atom is -0.493 e. The van der Waals surface area contributed by atoms with Gasteiger partial charge < -0.3 is 14.8 Å². The van der Waals surface area contributed by atoms with Crippen LogP contribution in [0.15, 0.2) is 23.2 Å². The van der Waals surface area contributed by atoms with Gasteiger partial charge in [-0.15, -0.1) is 0 Å². The average molecular weight is 280 g/mol. The van der Waals surface area contributed by atoms with Crippen LogP contribution in [-0.4, -0.2) is 32.8 Å². The minimum atomic E-state index is 0.283. The molecule has 0 aliphatic rings. The number of hydrazine groups is 1. The Bertz CT molecular complexity index is 447. The van der Waals surface area contributed by atoms with E-state index >= 15 is 0 Å². The van der Waals surface area contributed by atoms with E-state index in [0.717, 1.165) is 23.5 Å². The van der Waals surface area contributed by atoms with Crippen LogP contribution in [0.1, 0.15) is 19.4 Å². The highest BCUT2D eigenvalue weighted by molar-refractivity contribution is 5.79. The van der Waals surface area contributed by atoms with Gasteiger partial charge in [0.25, 0.3) is 0 Å². The molecule has 0 spiro atoms. The van der Waals surface area contributed by atoms with E-state index in [1.54, 1.807) is 14.2 Å². The fourth-order valence-electron chi connectivity index (χ4n) is 1.74. The molecule has 4 N–H and O–H groups in total. The number of nitrogens with one attached hydrogen (secondary N) is 2. The summed E-state index contributed by atoms with van der Waals surface area (Å²) in [5.41, 5.74) is 3.69. The second-order valence-corrected chi connectivity index (χ2v) is 4.61. The van der Waals surface area contributed by atoms with Crippen LogP contribution in [0.4, 0.5) is 0 Å². The molecule has 0 saturated carbocycles. The van der Waals surface area contributed by atoms with Crippen molar-refractivity contribution in [3.05, 3.63) is 23.8 Å². The van der Waals surface area contributed by atoms with Gasteiger partial charge in [-0.25, -0.2) is 5.84 Å². The molecular weight excluding hydrogens is 256 g/mol. The summed E-state index contributed by atoms with van der Waals surface area (Å²) < 4.78 is 10.5. The Kier molecular flexibility index (Phi) is 6.66. The van der Waals surface area contributed by atoms with Gasteiger partial charge in [0, 0.05) is 12.6 Å². The first kappa shape index (κ1) is 16.1. The van der Waals surface area contributed by atoms with E-state index in [1.165, 1.54) is 0 Å². The summed E-state index contributed by atoms with van der Waals surface area (Å²) in [6.07, 6.45) is 0.797. The van der Waals surface area contributed by atoms with Gasteiger partial charge in [-0.05, 0) is 38.0 Å². The molecule has 1 rings (SSSR count). The molecule has 0 atom stereocenters. The molecule has 1 aromatic carbocycles. The zero-order chi connectivity index (χ0) is 15.0. The molecule has 0 fully saturated rings. The summed E-state index contributed by atoms with van der Waals surface area (Å²) in [6, 6.07) is 6.14. The van der Waals surface area contributed by atoms with Crippen molar-refractivity contribution in [2.75, 3.05) is 20.8 Å². The Hall–Kier alpha value is -1.95. The third kappa shape index (κ3) is 4.97. The molecule has 1 aromatic rings. The van der Waals surface area contributed by atoms with Crippen molar-refractivity contribution in [2.24, 2.45) is 10.8 Å². The normalized spacial score (nSPS) is 11.4. The number of ether oxygens (including phenoxy) is 2. The third-order valence-corrected chi connectivity index (χ3v) is 2.68. The predicted molar refractivity (Wildman–Crippen MR) is 81.1 cm³/mol. The first-order chi connectivity index (χ1) is 9.60. The van der Waals surface area contributed by atoms with Gasteiger partial charge in [-0.1, -0.05) is 6.07 Å². The highest BCUT2D eigenvalue weighted by atomic mass is 16.5. The van der Waals surface area contributed by atoms with E-state index in [2.05, 4.69) is 15.7 Å². The van der Waals surface area contributed by atoms with Crippen LogP contribution in [0.2, 0.25) is 0 Å². The molecule has 6 nitrogen and oxygen atoms in total. The van der Waals surface area contributed by atoms with Crippen LogP contribution in [0.3, 0.4) is 0 Å². The Morgan fingerprint density at radius 2 is 1.95 bits per heavy atom. The molecule has 0 saturated heterocycles. The number of benzene rings is 1. The summed E-state index contributed by atoms with van der Waals surface area (Å²) in [7, 11) is 3.25. The van der Waals surface area contributed by atoms with Crippen LogP contribution in [0.5, 0.6) is 11.5 Å². The number of aliphatic imine (C=N–C) groups is 1. The molecule has 0 aliphatic heterocycles. The van der Waals surface area contributed by atoms with Gasteiger partial charge >= 0.3 is 0 Å². The Balaban J connectivity index is 2.63. The number of rotatable bonds is 6. The molecule has 112 valence electrons. The zero-order valence-corrected chi connectivity index (χ0v) is 12.6. The lowest BCUT2D eigenvalue weighted by molar-refractivity contribution is 0.354. The summed E-state index contributed by atoms with van der Waals surface area (Å²) in [6.45, 7) is 4.69. The minimum absolute atomic E-state index is 0.283. The van der Waals surface area contributed by atoms with Crippen molar-refractivity contribution >= 4 is 5.96 Å². The number of hydrogen-bond donors (Lipinski definition) is 3. The fraction of sp³-hybridized carbons (Fsp3) is 0.500. The monoisotopic (exact) mass is 280 g/mol. The molecule has 0 radical (unpaired) electrons. The van der Waals surface area contributed by atoms with Gasteiger partial charge in [-0.3, -0.25) is 10.4 Å². The number of nitrogens with two attached hydrogens (primary N) is 1. The summed E-state index contributed by atoms with van der Waals surface area (Å²) in [5, 5.41) is 3.13. The standard InChI is InChI=1S/C14H24N4O2/c1-10(2)17-14(18-15)16-8-7-11-5-6-12(19-3)13(9-11)20-4/h5-6,9-10H,7-8,15H2,1-4H3,(H2,16,17,18). The van der Waals surface area contributed by atoms with Gasteiger partial charge in [0.2, 0.25) is 5.96 Å². The highest BCUT2D eigenvalue weighted by Gasteiger charge is 2.04. The molecule has 0 aromatic heterocycles. The highest BCUT2D eigenvalue weighted by Crippen LogP contribution is 2.27. The van der Waals surface area contributed by atoms with E-state index in [9.17, 15) is 0 Å². The van der Waals surface area contributed by atoms with Crippen LogP contribution in [0, 0.1) is 0 Å². The van der Waals surface area contributed by atoms with Crippen molar-refractivity contribution in [1.29, 1.82) is 0 Å². The zero-order valence-electron chi connectivity index (χ0n) is 12.6. The fourth-order valence-corrected chi connectivity index (χ4v) is 1.74. The Labute approximate surface area is 120 Å². The van der Waals surface area contributed by atoms with E-state index in [1.807, 2.05) is 32.0 Å². The topological polar surface area (TPSA) is 80.9 Å². The number of hydrogen-bond acceptors (Lipinski definition) is 4. The van der Waals surface area contributed by atoms with Crippen LogP contribution >= 0.6 is 0 Å². The second kappa shape index (κ2) is 8.27. The molecule has 6 heteroatoms. The quantitative estimate of drug-likeness (QED) is 0.314. The summed E-state index contributed by atoms with van der Waals surface area (Å²) in [5.74, 6) is 7.46.